The molecule has 1 aromatic rings. The second-order valence-electron chi connectivity index (χ2n) is 7.56. The van der Waals surface area contributed by atoms with Gasteiger partial charge in [0.2, 0.25) is 0 Å². The number of carbonyl (C=O) groups is 1. The summed E-state index contributed by atoms with van der Waals surface area (Å²) in [6, 6.07) is 11.7. The van der Waals surface area contributed by atoms with E-state index in [9.17, 15) is 4.79 Å². The van der Waals surface area contributed by atoms with Crippen molar-refractivity contribution in [2.45, 2.75) is 64.1 Å². The third-order valence-corrected chi connectivity index (χ3v) is 5.38. The van der Waals surface area contributed by atoms with Crippen molar-refractivity contribution in [3.8, 4) is 0 Å². The summed E-state index contributed by atoms with van der Waals surface area (Å²) in [4.78, 5) is 18.0. The number of esters is 1. The van der Waals surface area contributed by atoms with Crippen LogP contribution in [0.25, 0.3) is 0 Å². The Hall–Kier alpha value is -1.35. The number of nitrogens with one attached hydrogen (secondary N) is 2. The van der Waals surface area contributed by atoms with Gasteiger partial charge >= 0.3 is 5.97 Å². The molecular weight excluding hydrogens is 479 g/mol. The number of unbranched alkanes of at least 4 members (excludes halogenated alkanes) is 2. The lowest BCUT2D eigenvalue weighted by Gasteiger charge is -2.38. The first kappa shape index (κ1) is 25.7. The number of ether oxygens (including phenoxy) is 1. The molecule has 7 heteroatoms. The van der Waals surface area contributed by atoms with Gasteiger partial charge in [-0.1, -0.05) is 36.8 Å². The highest BCUT2D eigenvalue weighted by atomic mass is 127. The van der Waals surface area contributed by atoms with Crippen molar-refractivity contribution < 1.29 is 9.53 Å². The predicted molar refractivity (Wildman–Crippen MR) is 130 cm³/mol. The Labute approximate surface area is 192 Å². The quantitative estimate of drug-likeness (QED) is 0.173. The van der Waals surface area contributed by atoms with E-state index in [2.05, 4.69) is 62.5 Å². The standard InChI is InChI=1S/C22H36N4O2.HI/c1-18-16-20(13-15-26(18)17-19-10-6-4-7-11-19)25-22(23-2)24-14-9-5-8-12-21(27)28-3;/h4,6-7,10-11,18,20H,5,8-9,12-17H2,1-3H3,(H2,23,24,25);1H. The summed E-state index contributed by atoms with van der Waals surface area (Å²) in [5.74, 6) is 0.750. The minimum atomic E-state index is -0.127. The molecule has 1 aromatic carbocycles. The summed E-state index contributed by atoms with van der Waals surface area (Å²) in [7, 11) is 3.26. The zero-order valence-electron chi connectivity index (χ0n) is 18.0. The number of nitrogens with zero attached hydrogens (tertiary/aromatic N) is 2. The molecule has 29 heavy (non-hydrogen) atoms. The molecule has 164 valence electrons. The lowest BCUT2D eigenvalue weighted by molar-refractivity contribution is -0.140. The number of aliphatic imine (C=N–C) groups is 1. The van der Waals surface area contributed by atoms with Crippen molar-refractivity contribution in [3.63, 3.8) is 0 Å². The molecule has 0 aliphatic carbocycles. The summed E-state index contributed by atoms with van der Waals surface area (Å²) in [6.07, 6.45) is 5.64. The van der Waals surface area contributed by atoms with Crippen molar-refractivity contribution in [1.82, 2.24) is 15.5 Å². The molecule has 1 heterocycles. The van der Waals surface area contributed by atoms with Crippen molar-refractivity contribution in [2.75, 3.05) is 27.2 Å². The predicted octanol–water partition coefficient (Wildman–Crippen LogP) is 3.56. The van der Waals surface area contributed by atoms with E-state index in [0.717, 1.165) is 57.7 Å². The smallest absolute Gasteiger partial charge is 0.305 e. The minimum Gasteiger partial charge on any atom is -0.469 e. The van der Waals surface area contributed by atoms with Crippen LogP contribution in [0.3, 0.4) is 0 Å². The number of likely N-dealkylation sites (tertiary alicyclic amines) is 1. The second-order valence-corrected chi connectivity index (χ2v) is 7.56. The van der Waals surface area contributed by atoms with Gasteiger partial charge in [0, 0.05) is 45.2 Å². The fraction of sp³-hybridized carbons (Fsp3) is 0.636. The lowest BCUT2D eigenvalue weighted by atomic mass is 9.97. The van der Waals surface area contributed by atoms with E-state index >= 15 is 0 Å². The Bertz CT molecular complexity index is 612. The van der Waals surface area contributed by atoms with Crippen molar-refractivity contribution in [1.29, 1.82) is 0 Å². The number of hydrogen-bond donors (Lipinski definition) is 2. The van der Waals surface area contributed by atoms with Crippen LogP contribution in [0.15, 0.2) is 35.3 Å². The number of guanidine groups is 1. The van der Waals surface area contributed by atoms with E-state index in [0.29, 0.717) is 18.5 Å². The highest BCUT2D eigenvalue weighted by molar-refractivity contribution is 14.0. The summed E-state index contributed by atoms with van der Waals surface area (Å²) >= 11 is 0. The normalized spacial score (nSPS) is 19.9. The third-order valence-electron chi connectivity index (χ3n) is 5.38. The molecule has 6 nitrogen and oxygen atoms in total. The van der Waals surface area contributed by atoms with Crippen LogP contribution in [-0.4, -0.2) is 56.2 Å². The first-order valence-electron chi connectivity index (χ1n) is 10.4. The van der Waals surface area contributed by atoms with Crippen LogP contribution in [0.1, 0.15) is 51.0 Å². The van der Waals surface area contributed by atoms with Crippen LogP contribution < -0.4 is 10.6 Å². The van der Waals surface area contributed by atoms with Gasteiger partial charge in [-0.2, -0.15) is 0 Å². The Morgan fingerprint density at radius 3 is 2.66 bits per heavy atom. The zero-order valence-corrected chi connectivity index (χ0v) is 20.4. The van der Waals surface area contributed by atoms with Crippen LogP contribution in [-0.2, 0) is 16.1 Å². The number of rotatable bonds is 9. The first-order valence-corrected chi connectivity index (χ1v) is 10.4. The van der Waals surface area contributed by atoms with Crippen LogP contribution >= 0.6 is 24.0 Å². The number of hydrogen-bond acceptors (Lipinski definition) is 4. The molecule has 2 atom stereocenters. The minimum absolute atomic E-state index is 0. The van der Waals surface area contributed by atoms with Gasteiger partial charge in [-0.3, -0.25) is 14.7 Å². The Morgan fingerprint density at radius 1 is 1.24 bits per heavy atom. The molecule has 2 N–H and O–H groups in total. The molecule has 0 bridgehead atoms. The van der Waals surface area contributed by atoms with E-state index in [1.807, 2.05) is 7.05 Å². The molecule has 2 unspecified atom stereocenters. The van der Waals surface area contributed by atoms with Gasteiger partial charge in [0.25, 0.3) is 0 Å². The van der Waals surface area contributed by atoms with Crippen molar-refractivity contribution >= 4 is 35.9 Å². The molecule has 1 saturated heterocycles. The highest BCUT2D eigenvalue weighted by Gasteiger charge is 2.25. The van der Waals surface area contributed by atoms with Gasteiger partial charge in [-0.25, -0.2) is 0 Å². The number of halogens is 1. The van der Waals surface area contributed by atoms with Crippen LogP contribution in [0.4, 0.5) is 0 Å². The number of benzene rings is 1. The van der Waals surface area contributed by atoms with Gasteiger partial charge in [0.1, 0.15) is 0 Å². The fourth-order valence-electron chi connectivity index (χ4n) is 3.67. The Morgan fingerprint density at radius 2 is 2.00 bits per heavy atom. The molecule has 1 aliphatic heterocycles. The van der Waals surface area contributed by atoms with Crippen molar-refractivity contribution in [2.24, 2.45) is 4.99 Å². The molecule has 1 aliphatic rings. The van der Waals surface area contributed by atoms with E-state index in [1.54, 1.807) is 0 Å². The van der Waals surface area contributed by atoms with Gasteiger partial charge in [0.05, 0.1) is 7.11 Å². The molecule has 0 radical (unpaired) electrons. The van der Waals surface area contributed by atoms with E-state index < -0.39 is 0 Å². The third kappa shape index (κ3) is 9.80. The Balaban J connectivity index is 0.00000420. The molecule has 2 rings (SSSR count). The molecule has 0 spiro atoms. The summed E-state index contributed by atoms with van der Waals surface area (Å²) in [5.41, 5.74) is 1.38. The van der Waals surface area contributed by atoms with Gasteiger partial charge in [-0.05, 0) is 38.2 Å². The SMILES string of the molecule is CN=C(NCCCCCC(=O)OC)NC1CCN(Cc2ccccc2)C(C)C1.I. The molecule has 1 fully saturated rings. The van der Waals surface area contributed by atoms with Crippen LogP contribution in [0.5, 0.6) is 0 Å². The summed E-state index contributed by atoms with van der Waals surface area (Å²) in [6.45, 7) is 5.29. The van der Waals surface area contributed by atoms with Gasteiger partial charge in [-0.15, -0.1) is 24.0 Å². The van der Waals surface area contributed by atoms with Gasteiger partial charge in [0.15, 0.2) is 5.96 Å². The fourth-order valence-corrected chi connectivity index (χ4v) is 3.67. The number of piperidine rings is 1. The summed E-state index contributed by atoms with van der Waals surface area (Å²) in [5, 5.41) is 6.97. The maximum Gasteiger partial charge on any atom is 0.305 e. The maximum absolute atomic E-state index is 11.1. The average molecular weight is 516 g/mol. The zero-order chi connectivity index (χ0) is 20.2. The second kappa shape index (κ2) is 14.6. The Kier molecular flexibility index (Phi) is 12.9. The largest absolute Gasteiger partial charge is 0.469 e. The monoisotopic (exact) mass is 516 g/mol. The average Bonchev–Trinajstić information content (AvgIpc) is 2.72. The van der Waals surface area contributed by atoms with Gasteiger partial charge < -0.3 is 15.4 Å². The lowest BCUT2D eigenvalue weighted by Crippen LogP contribution is -2.51. The number of carbonyl (C=O) groups excluding carboxylic acids is 1. The molecule has 0 amide bonds. The molecule has 0 saturated carbocycles. The maximum atomic E-state index is 11.1. The topological polar surface area (TPSA) is 66.0 Å². The van der Waals surface area contributed by atoms with Crippen molar-refractivity contribution in [3.05, 3.63) is 35.9 Å². The molecular formula is C22H37IN4O2. The number of methoxy groups -OCH3 is 1. The van der Waals surface area contributed by atoms with Crippen LogP contribution in [0.2, 0.25) is 0 Å². The highest BCUT2D eigenvalue weighted by Crippen LogP contribution is 2.19. The van der Waals surface area contributed by atoms with E-state index in [4.69, 9.17) is 0 Å². The summed E-state index contributed by atoms with van der Waals surface area (Å²) < 4.78 is 4.66. The van der Waals surface area contributed by atoms with Crippen LogP contribution in [0, 0.1) is 0 Å². The molecule has 0 aromatic heterocycles. The van der Waals surface area contributed by atoms with E-state index in [1.165, 1.54) is 12.7 Å². The first-order chi connectivity index (χ1) is 13.6. The van der Waals surface area contributed by atoms with E-state index in [-0.39, 0.29) is 29.9 Å².